The summed E-state index contributed by atoms with van der Waals surface area (Å²) in [6.07, 6.45) is 3.16. The first-order chi connectivity index (χ1) is 6.60. The summed E-state index contributed by atoms with van der Waals surface area (Å²) in [7, 11) is 0. The minimum Gasteiger partial charge on any atom is -0.399 e. The Morgan fingerprint density at radius 3 is 2.64 bits per heavy atom. The SMILES string of the molecule is CC(F)(c1cccc(N)c1)C1CCC1. The van der Waals surface area contributed by atoms with Crippen molar-refractivity contribution in [3.05, 3.63) is 29.8 Å². The molecule has 0 bridgehead atoms. The Balaban J connectivity index is 2.28. The second-order valence-electron chi connectivity index (χ2n) is 4.33. The van der Waals surface area contributed by atoms with Gasteiger partial charge in [-0.3, -0.25) is 0 Å². The van der Waals surface area contributed by atoms with Gasteiger partial charge in [0.05, 0.1) is 0 Å². The summed E-state index contributed by atoms with van der Waals surface area (Å²) in [4.78, 5) is 0. The first-order valence-electron chi connectivity index (χ1n) is 5.15. The zero-order valence-corrected chi connectivity index (χ0v) is 8.46. The molecule has 1 nitrogen and oxygen atoms in total. The average molecular weight is 193 g/mol. The minimum atomic E-state index is -1.20. The van der Waals surface area contributed by atoms with Crippen LogP contribution in [0.3, 0.4) is 0 Å². The van der Waals surface area contributed by atoms with Gasteiger partial charge in [0.1, 0.15) is 5.67 Å². The summed E-state index contributed by atoms with van der Waals surface area (Å²) in [6, 6.07) is 7.19. The van der Waals surface area contributed by atoms with Crippen LogP contribution in [0.25, 0.3) is 0 Å². The van der Waals surface area contributed by atoms with Crippen LogP contribution in [0.2, 0.25) is 0 Å². The second kappa shape index (κ2) is 3.26. The molecule has 1 aromatic carbocycles. The van der Waals surface area contributed by atoms with Crippen LogP contribution < -0.4 is 5.73 Å². The molecular formula is C12H16FN. The monoisotopic (exact) mass is 193 g/mol. The van der Waals surface area contributed by atoms with Gasteiger partial charge in [-0.15, -0.1) is 0 Å². The predicted molar refractivity (Wildman–Crippen MR) is 56.7 cm³/mol. The molecule has 1 aliphatic carbocycles. The smallest absolute Gasteiger partial charge is 0.136 e. The van der Waals surface area contributed by atoms with Crippen LogP contribution in [-0.4, -0.2) is 0 Å². The van der Waals surface area contributed by atoms with Crippen molar-refractivity contribution in [2.24, 2.45) is 5.92 Å². The van der Waals surface area contributed by atoms with Gasteiger partial charge in [0.25, 0.3) is 0 Å². The van der Waals surface area contributed by atoms with Crippen molar-refractivity contribution in [1.29, 1.82) is 0 Å². The van der Waals surface area contributed by atoms with E-state index in [2.05, 4.69) is 0 Å². The summed E-state index contributed by atoms with van der Waals surface area (Å²) in [6.45, 7) is 1.67. The lowest BCUT2D eigenvalue weighted by molar-refractivity contribution is 0.0464. The molecule has 1 aliphatic rings. The molecule has 14 heavy (non-hydrogen) atoms. The Bertz CT molecular complexity index is 329. The molecule has 0 saturated heterocycles. The zero-order valence-electron chi connectivity index (χ0n) is 8.46. The number of nitrogen functional groups attached to an aromatic ring is 1. The van der Waals surface area contributed by atoms with E-state index in [1.165, 1.54) is 0 Å². The third-order valence-corrected chi connectivity index (χ3v) is 3.32. The van der Waals surface area contributed by atoms with E-state index in [0.717, 1.165) is 24.8 Å². The van der Waals surface area contributed by atoms with Crippen LogP contribution in [0.5, 0.6) is 0 Å². The molecule has 0 heterocycles. The van der Waals surface area contributed by atoms with Gasteiger partial charge in [-0.2, -0.15) is 0 Å². The highest BCUT2D eigenvalue weighted by Crippen LogP contribution is 2.45. The molecule has 0 aliphatic heterocycles. The Morgan fingerprint density at radius 2 is 2.14 bits per heavy atom. The zero-order chi connectivity index (χ0) is 10.2. The van der Waals surface area contributed by atoms with Crippen LogP contribution in [0, 0.1) is 5.92 Å². The fourth-order valence-electron chi connectivity index (χ4n) is 2.03. The van der Waals surface area contributed by atoms with Gasteiger partial charge < -0.3 is 5.73 Å². The third kappa shape index (κ3) is 1.49. The van der Waals surface area contributed by atoms with Crippen LogP contribution in [0.15, 0.2) is 24.3 Å². The van der Waals surface area contributed by atoms with Gasteiger partial charge in [-0.1, -0.05) is 18.6 Å². The van der Waals surface area contributed by atoms with E-state index < -0.39 is 5.67 Å². The lowest BCUT2D eigenvalue weighted by Crippen LogP contribution is -2.32. The maximum atomic E-state index is 14.4. The lowest BCUT2D eigenvalue weighted by atomic mass is 9.72. The van der Waals surface area contributed by atoms with E-state index in [0.29, 0.717) is 5.69 Å². The molecule has 0 amide bonds. The number of anilines is 1. The summed E-state index contributed by atoms with van der Waals surface area (Å²) in [5.41, 5.74) is 5.82. The maximum absolute atomic E-state index is 14.4. The van der Waals surface area contributed by atoms with Crippen LogP contribution in [0.4, 0.5) is 10.1 Å². The number of alkyl halides is 1. The van der Waals surface area contributed by atoms with Gasteiger partial charge in [-0.25, -0.2) is 4.39 Å². The van der Waals surface area contributed by atoms with Crippen molar-refractivity contribution < 1.29 is 4.39 Å². The number of halogens is 1. The number of hydrogen-bond donors (Lipinski definition) is 1. The molecule has 2 rings (SSSR count). The highest BCUT2D eigenvalue weighted by Gasteiger charge is 2.39. The number of benzene rings is 1. The summed E-state index contributed by atoms with van der Waals surface area (Å²) in [5.74, 6) is 0.185. The normalized spacial score (nSPS) is 21.3. The quantitative estimate of drug-likeness (QED) is 0.717. The molecule has 1 aromatic rings. The van der Waals surface area contributed by atoms with Crippen molar-refractivity contribution in [1.82, 2.24) is 0 Å². The van der Waals surface area contributed by atoms with Crippen LogP contribution >= 0.6 is 0 Å². The van der Waals surface area contributed by atoms with Crippen molar-refractivity contribution in [2.75, 3.05) is 5.73 Å². The molecule has 1 saturated carbocycles. The molecule has 1 unspecified atom stereocenters. The van der Waals surface area contributed by atoms with E-state index in [1.807, 2.05) is 12.1 Å². The largest absolute Gasteiger partial charge is 0.399 e. The van der Waals surface area contributed by atoms with E-state index in [4.69, 9.17) is 5.73 Å². The maximum Gasteiger partial charge on any atom is 0.136 e. The van der Waals surface area contributed by atoms with Gasteiger partial charge >= 0.3 is 0 Å². The average Bonchev–Trinajstić information content (AvgIpc) is 2.00. The molecule has 0 radical (unpaired) electrons. The standard InChI is InChI=1S/C12H16FN/c1-12(13,9-4-2-5-9)10-6-3-7-11(14)8-10/h3,6-9H,2,4-5,14H2,1H3. The summed E-state index contributed by atoms with van der Waals surface area (Å²) >= 11 is 0. The first-order valence-corrected chi connectivity index (χ1v) is 5.15. The van der Waals surface area contributed by atoms with Gasteiger partial charge in [0, 0.05) is 5.69 Å². The fourth-order valence-corrected chi connectivity index (χ4v) is 2.03. The molecule has 2 heteroatoms. The molecule has 1 fully saturated rings. The summed E-state index contributed by atoms with van der Waals surface area (Å²) in [5, 5.41) is 0. The number of rotatable bonds is 2. The third-order valence-electron chi connectivity index (χ3n) is 3.32. The van der Waals surface area contributed by atoms with Gasteiger partial charge in [-0.05, 0) is 43.4 Å². The number of hydrogen-bond acceptors (Lipinski definition) is 1. The first kappa shape index (κ1) is 9.50. The van der Waals surface area contributed by atoms with Crippen molar-refractivity contribution in [2.45, 2.75) is 31.9 Å². The minimum absolute atomic E-state index is 0.185. The highest BCUT2D eigenvalue weighted by molar-refractivity contribution is 5.42. The van der Waals surface area contributed by atoms with Crippen LogP contribution in [0.1, 0.15) is 31.7 Å². The molecule has 1 atom stereocenters. The lowest BCUT2D eigenvalue weighted by Gasteiger charge is -2.37. The van der Waals surface area contributed by atoms with Crippen molar-refractivity contribution in [3.8, 4) is 0 Å². The summed E-state index contributed by atoms with van der Waals surface area (Å²) < 4.78 is 14.4. The molecule has 0 spiro atoms. The van der Waals surface area contributed by atoms with Crippen molar-refractivity contribution >= 4 is 5.69 Å². The Hall–Kier alpha value is -1.05. The van der Waals surface area contributed by atoms with Crippen LogP contribution in [-0.2, 0) is 5.67 Å². The Kier molecular flexibility index (Phi) is 2.22. The second-order valence-corrected chi connectivity index (χ2v) is 4.33. The topological polar surface area (TPSA) is 26.0 Å². The van der Waals surface area contributed by atoms with E-state index in [9.17, 15) is 4.39 Å². The van der Waals surface area contributed by atoms with E-state index in [-0.39, 0.29) is 5.92 Å². The van der Waals surface area contributed by atoms with Gasteiger partial charge in [0.15, 0.2) is 0 Å². The predicted octanol–water partition coefficient (Wildman–Crippen LogP) is 3.25. The fraction of sp³-hybridized carbons (Fsp3) is 0.500. The molecule has 76 valence electrons. The highest BCUT2D eigenvalue weighted by atomic mass is 19.1. The molecular weight excluding hydrogens is 177 g/mol. The van der Waals surface area contributed by atoms with E-state index >= 15 is 0 Å². The van der Waals surface area contributed by atoms with E-state index in [1.54, 1.807) is 19.1 Å². The molecule has 0 aromatic heterocycles. The Labute approximate surface area is 84.1 Å². The molecule has 2 N–H and O–H groups in total. The number of nitrogens with two attached hydrogens (primary N) is 1. The van der Waals surface area contributed by atoms with Gasteiger partial charge in [0.2, 0.25) is 0 Å². The van der Waals surface area contributed by atoms with Crippen molar-refractivity contribution in [3.63, 3.8) is 0 Å². The Morgan fingerprint density at radius 1 is 1.43 bits per heavy atom.